The highest BCUT2D eigenvalue weighted by molar-refractivity contribution is 7.67. The maximum atomic E-state index is 12.9. The Morgan fingerprint density at radius 1 is 1.21 bits per heavy atom. The molecule has 2 nitrogen and oxygen atoms in total. The van der Waals surface area contributed by atoms with Gasteiger partial charge in [0.1, 0.15) is 10.8 Å². The van der Waals surface area contributed by atoms with E-state index in [2.05, 4.69) is 0 Å². The van der Waals surface area contributed by atoms with Crippen molar-refractivity contribution in [2.75, 3.05) is 6.16 Å². The summed E-state index contributed by atoms with van der Waals surface area (Å²) in [5.41, 5.74) is 0. The maximum absolute atomic E-state index is 12.9. The molecule has 0 fully saturated rings. The minimum atomic E-state index is -3.00. The van der Waals surface area contributed by atoms with Crippen molar-refractivity contribution >= 4 is 46.6 Å². The molecule has 0 aliphatic carbocycles. The van der Waals surface area contributed by atoms with Crippen molar-refractivity contribution in [2.24, 2.45) is 0 Å². The number of halogens is 2. The Morgan fingerprint density at radius 3 is 2.58 bits per heavy atom. The first kappa shape index (κ1) is 14.5. The largest absolute Gasteiger partial charge is 0.445 e. The molecule has 5 heteroatoms. The molecule has 0 bridgehead atoms. The lowest BCUT2D eigenvalue weighted by Gasteiger charge is -2.17. The van der Waals surface area contributed by atoms with Crippen LogP contribution in [0, 0.1) is 0 Å². The van der Waals surface area contributed by atoms with E-state index in [1.807, 2.05) is 49.4 Å². The highest BCUT2D eigenvalue weighted by Gasteiger charge is 2.25. The fourth-order valence-corrected chi connectivity index (χ4v) is 3.91. The summed E-state index contributed by atoms with van der Waals surface area (Å²) in [5, 5.41) is 2.64. The van der Waals surface area contributed by atoms with E-state index in [9.17, 15) is 4.57 Å². The highest BCUT2D eigenvalue weighted by atomic mass is 35.5. The fraction of sp³-hybridized carbons (Fsp3) is 0.143. The zero-order valence-corrected chi connectivity index (χ0v) is 12.8. The van der Waals surface area contributed by atoms with Crippen molar-refractivity contribution in [2.45, 2.75) is 6.92 Å². The highest BCUT2D eigenvalue weighted by Crippen LogP contribution is 2.47. The second-order valence-electron chi connectivity index (χ2n) is 4.00. The van der Waals surface area contributed by atoms with Crippen LogP contribution in [0.25, 0.3) is 10.8 Å². The molecule has 0 spiro atoms. The van der Waals surface area contributed by atoms with Gasteiger partial charge in [0.25, 0.3) is 7.37 Å². The first-order valence-corrected chi connectivity index (χ1v) is 8.40. The summed E-state index contributed by atoms with van der Waals surface area (Å²) in [6, 6.07) is 13.4. The zero-order valence-electron chi connectivity index (χ0n) is 10.3. The summed E-state index contributed by atoms with van der Waals surface area (Å²) in [5.74, 6) is 0. The van der Waals surface area contributed by atoms with Crippen LogP contribution in [0.15, 0.2) is 53.2 Å². The normalized spacial score (nSPS) is 13.8. The van der Waals surface area contributed by atoms with Crippen LogP contribution in [-0.4, -0.2) is 6.16 Å². The summed E-state index contributed by atoms with van der Waals surface area (Å²) in [6.07, 6.45) is 1.51. The second kappa shape index (κ2) is 6.00. The topological polar surface area (TPSA) is 26.3 Å². The molecule has 0 saturated heterocycles. The number of hydrogen-bond acceptors (Lipinski definition) is 2. The van der Waals surface area contributed by atoms with Crippen molar-refractivity contribution in [3.8, 4) is 0 Å². The Labute approximate surface area is 122 Å². The molecule has 0 radical (unpaired) electrons. The summed E-state index contributed by atoms with van der Waals surface area (Å²) >= 11 is 11.1. The van der Waals surface area contributed by atoms with Gasteiger partial charge in [-0.1, -0.05) is 66.5 Å². The minimum absolute atomic E-state index is 0.0473. The van der Waals surface area contributed by atoms with Gasteiger partial charge in [-0.05, 0) is 16.8 Å². The number of rotatable bonds is 4. The van der Waals surface area contributed by atoms with Gasteiger partial charge in [0.05, 0.1) is 5.30 Å². The molecule has 1 atom stereocenters. The Hall–Kier alpha value is -0.950. The van der Waals surface area contributed by atoms with Gasteiger partial charge in [0, 0.05) is 6.16 Å². The third kappa shape index (κ3) is 3.14. The summed E-state index contributed by atoms with van der Waals surface area (Å²) < 4.78 is 18.2. The van der Waals surface area contributed by atoms with Gasteiger partial charge in [-0.15, -0.1) is 0 Å². The van der Waals surface area contributed by atoms with Crippen LogP contribution >= 0.6 is 30.6 Å². The van der Waals surface area contributed by atoms with Crippen LogP contribution in [0.1, 0.15) is 6.92 Å². The monoisotopic (exact) mass is 314 g/mol. The Kier molecular flexibility index (Phi) is 4.57. The first-order chi connectivity index (χ1) is 9.07. The van der Waals surface area contributed by atoms with Gasteiger partial charge in [0.15, 0.2) is 0 Å². The fourth-order valence-electron chi connectivity index (χ4n) is 1.93. The average Bonchev–Trinajstić information content (AvgIpc) is 2.44. The van der Waals surface area contributed by atoms with Crippen molar-refractivity contribution in [3.63, 3.8) is 0 Å². The van der Waals surface area contributed by atoms with Crippen molar-refractivity contribution in [3.05, 3.63) is 53.2 Å². The van der Waals surface area contributed by atoms with Gasteiger partial charge >= 0.3 is 0 Å². The van der Waals surface area contributed by atoms with E-state index in [4.69, 9.17) is 27.7 Å². The van der Waals surface area contributed by atoms with E-state index in [0.29, 0.717) is 11.5 Å². The Bertz CT molecular complexity index is 658. The molecule has 0 aliphatic heterocycles. The molecule has 0 aromatic heterocycles. The molecule has 0 N–H and O–H groups in total. The lowest BCUT2D eigenvalue weighted by molar-refractivity contribution is 0.451. The summed E-state index contributed by atoms with van der Waals surface area (Å²) in [6.45, 7) is 1.82. The standard InChI is InChI=1S/C14H13Cl2O2P/c1-2-19(17,18-10-14(15)16)13-9-5-7-11-6-3-4-8-12(11)13/h3-10H,2H2,1H3. The second-order valence-corrected chi connectivity index (χ2v) is 7.68. The number of benzene rings is 2. The molecule has 0 amide bonds. The quantitative estimate of drug-likeness (QED) is 0.582. The van der Waals surface area contributed by atoms with Crippen molar-refractivity contribution in [1.82, 2.24) is 0 Å². The van der Waals surface area contributed by atoms with E-state index in [0.717, 1.165) is 17.0 Å². The molecule has 0 heterocycles. The summed E-state index contributed by atoms with van der Waals surface area (Å²) in [4.78, 5) is 0. The number of fused-ring (bicyclic) bond motifs is 1. The van der Waals surface area contributed by atoms with E-state index in [1.54, 1.807) is 0 Å². The van der Waals surface area contributed by atoms with Crippen LogP contribution < -0.4 is 5.30 Å². The third-order valence-electron chi connectivity index (χ3n) is 2.86. The molecule has 2 rings (SSSR count). The van der Waals surface area contributed by atoms with Crippen LogP contribution in [0.5, 0.6) is 0 Å². The molecular formula is C14H13Cl2O2P. The van der Waals surface area contributed by atoms with E-state index in [1.165, 1.54) is 0 Å². The molecular weight excluding hydrogens is 302 g/mol. The van der Waals surface area contributed by atoms with Crippen LogP contribution in [-0.2, 0) is 9.09 Å². The third-order valence-corrected chi connectivity index (χ3v) is 5.44. The molecule has 0 saturated carbocycles. The van der Waals surface area contributed by atoms with Crippen LogP contribution in [0.3, 0.4) is 0 Å². The minimum Gasteiger partial charge on any atom is -0.445 e. The van der Waals surface area contributed by atoms with Crippen molar-refractivity contribution in [1.29, 1.82) is 0 Å². The van der Waals surface area contributed by atoms with Gasteiger partial charge in [-0.25, -0.2) is 0 Å². The van der Waals surface area contributed by atoms with Gasteiger partial charge < -0.3 is 4.52 Å². The molecule has 0 aliphatic rings. The van der Waals surface area contributed by atoms with E-state index >= 15 is 0 Å². The van der Waals surface area contributed by atoms with Crippen molar-refractivity contribution < 1.29 is 9.09 Å². The van der Waals surface area contributed by atoms with Crippen LogP contribution in [0.2, 0.25) is 0 Å². The predicted octanol–water partition coefficient (Wildman–Crippen LogP) is 5.06. The maximum Gasteiger partial charge on any atom is 0.277 e. The number of hydrogen-bond donors (Lipinski definition) is 0. The average molecular weight is 315 g/mol. The van der Waals surface area contributed by atoms with Gasteiger partial charge in [-0.3, -0.25) is 4.57 Å². The SMILES string of the molecule is CCP(=O)(OC=C(Cl)Cl)c1cccc2ccccc12. The Balaban J connectivity index is 2.58. The molecule has 2 aromatic rings. The van der Waals surface area contributed by atoms with Gasteiger partial charge in [0.2, 0.25) is 0 Å². The van der Waals surface area contributed by atoms with E-state index < -0.39 is 7.37 Å². The molecule has 19 heavy (non-hydrogen) atoms. The van der Waals surface area contributed by atoms with Gasteiger partial charge in [-0.2, -0.15) is 0 Å². The van der Waals surface area contributed by atoms with Crippen LogP contribution in [0.4, 0.5) is 0 Å². The zero-order chi connectivity index (χ0) is 13.9. The lowest BCUT2D eigenvalue weighted by Crippen LogP contribution is -2.09. The Morgan fingerprint density at radius 2 is 1.89 bits per heavy atom. The lowest BCUT2D eigenvalue weighted by atomic mass is 10.1. The molecule has 100 valence electrons. The first-order valence-electron chi connectivity index (χ1n) is 5.84. The van der Waals surface area contributed by atoms with E-state index in [-0.39, 0.29) is 4.49 Å². The molecule has 2 aromatic carbocycles. The molecule has 1 unspecified atom stereocenters. The predicted molar refractivity (Wildman–Crippen MR) is 82.6 cm³/mol. The smallest absolute Gasteiger partial charge is 0.277 e. The summed E-state index contributed by atoms with van der Waals surface area (Å²) in [7, 11) is -3.00.